The van der Waals surface area contributed by atoms with E-state index in [1.165, 1.54) is 22.3 Å². The molecule has 0 amide bonds. The molecule has 0 saturated carbocycles. The van der Waals surface area contributed by atoms with Gasteiger partial charge in [0, 0.05) is 5.41 Å². The number of hydrogen-bond acceptors (Lipinski definition) is 0. The molecular formula is C15H18. The van der Waals surface area contributed by atoms with Gasteiger partial charge in [0.05, 0.1) is 0 Å². The Kier molecular flexibility index (Phi) is 2.30. The lowest BCUT2D eigenvalue weighted by Gasteiger charge is -2.21. The zero-order valence-corrected chi connectivity index (χ0v) is 9.96. The Morgan fingerprint density at radius 2 is 1.67 bits per heavy atom. The molecule has 0 heterocycles. The summed E-state index contributed by atoms with van der Waals surface area (Å²) in [5, 5.41) is 0. The highest BCUT2D eigenvalue weighted by molar-refractivity contribution is 5.89. The topological polar surface area (TPSA) is 0 Å². The molecule has 1 aromatic carbocycles. The van der Waals surface area contributed by atoms with E-state index in [9.17, 15) is 0 Å². The molecule has 1 aliphatic rings. The van der Waals surface area contributed by atoms with Crippen molar-refractivity contribution in [1.82, 2.24) is 0 Å². The summed E-state index contributed by atoms with van der Waals surface area (Å²) in [5.41, 5.74) is 5.86. The molecule has 0 aromatic heterocycles. The second kappa shape index (κ2) is 3.37. The second-order valence-electron chi connectivity index (χ2n) is 4.58. The van der Waals surface area contributed by atoms with E-state index < -0.39 is 0 Å². The van der Waals surface area contributed by atoms with Crippen LogP contribution in [0.25, 0.3) is 5.57 Å². The molecule has 0 spiro atoms. The van der Waals surface area contributed by atoms with Crippen LogP contribution in [-0.2, 0) is 5.41 Å². The van der Waals surface area contributed by atoms with Crippen molar-refractivity contribution in [2.45, 2.75) is 33.1 Å². The lowest BCUT2D eigenvalue weighted by atomic mass is 9.82. The maximum absolute atomic E-state index is 2.30. The van der Waals surface area contributed by atoms with E-state index in [-0.39, 0.29) is 5.41 Å². The summed E-state index contributed by atoms with van der Waals surface area (Å²) in [7, 11) is 0. The summed E-state index contributed by atoms with van der Waals surface area (Å²) >= 11 is 0. The van der Waals surface area contributed by atoms with Crippen molar-refractivity contribution in [3.63, 3.8) is 0 Å². The van der Waals surface area contributed by atoms with Gasteiger partial charge in [-0.3, -0.25) is 0 Å². The first-order valence-corrected chi connectivity index (χ1v) is 5.56. The third-order valence-electron chi connectivity index (χ3n) is 3.43. The third kappa shape index (κ3) is 1.28. The quantitative estimate of drug-likeness (QED) is 0.582. The van der Waals surface area contributed by atoms with E-state index in [4.69, 9.17) is 0 Å². The van der Waals surface area contributed by atoms with Gasteiger partial charge in [-0.05, 0) is 36.1 Å². The minimum Gasteiger partial charge on any atom is -0.0829 e. The van der Waals surface area contributed by atoms with Gasteiger partial charge in [-0.2, -0.15) is 0 Å². The van der Waals surface area contributed by atoms with Crippen LogP contribution in [0.2, 0.25) is 0 Å². The van der Waals surface area contributed by atoms with Crippen LogP contribution < -0.4 is 0 Å². The maximum Gasteiger partial charge on any atom is 0.0155 e. The van der Waals surface area contributed by atoms with Crippen molar-refractivity contribution in [3.05, 3.63) is 53.1 Å². The molecule has 0 nitrogen and oxygen atoms in total. The molecule has 15 heavy (non-hydrogen) atoms. The number of hydrogen-bond donors (Lipinski definition) is 0. The van der Waals surface area contributed by atoms with E-state index in [0.29, 0.717) is 0 Å². The van der Waals surface area contributed by atoms with Crippen LogP contribution in [0.4, 0.5) is 0 Å². The van der Waals surface area contributed by atoms with Gasteiger partial charge in [0.2, 0.25) is 0 Å². The monoisotopic (exact) mass is 198 g/mol. The van der Waals surface area contributed by atoms with Crippen molar-refractivity contribution in [2.24, 2.45) is 0 Å². The van der Waals surface area contributed by atoms with Gasteiger partial charge in [0.15, 0.2) is 0 Å². The Labute approximate surface area is 92.3 Å². The van der Waals surface area contributed by atoms with Gasteiger partial charge < -0.3 is 0 Å². The fourth-order valence-electron chi connectivity index (χ4n) is 2.72. The molecule has 0 fully saturated rings. The van der Waals surface area contributed by atoms with Gasteiger partial charge in [-0.25, -0.2) is 0 Å². The molecular weight excluding hydrogens is 180 g/mol. The Morgan fingerprint density at radius 3 is 2.27 bits per heavy atom. The molecule has 0 radical (unpaired) electrons. The Hall–Kier alpha value is -1.30. The predicted octanol–water partition coefficient (Wildman–Crippen LogP) is 4.33. The molecule has 2 rings (SSSR count). The number of rotatable bonds is 0. The molecule has 0 unspecified atom stereocenters. The molecule has 0 bridgehead atoms. The predicted molar refractivity (Wildman–Crippen MR) is 66.9 cm³/mol. The molecule has 1 aliphatic carbocycles. The van der Waals surface area contributed by atoms with Crippen LogP contribution in [-0.4, -0.2) is 0 Å². The van der Waals surface area contributed by atoms with Crippen LogP contribution in [0, 0.1) is 0 Å². The summed E-state index contributed by atoms with van der Waals surface area (Å²) in [6, 6.07) is 8.72. The minimum absolute atomic E-state index is 0.160. The highest BCUT2D eigenvalue weighted by Crippen LogP contribution is 2.49. The average Bonchev–Trinajstić information content (AvgIpc) is 2.46. The standard InChI is InChI=1S/C15H18/c1-5-11-12-9-7-8-10-14(12)15(3,4)13(11)6-2/h5-10H,1-4H3/b11-5+,13-6-. The normalized spacial score (nSPS) is 23.5. The molecule has 0 N–H and O–H groups in total. The SMILES string of the molecule is C/C=C1/C(=C/C)C(C)(C)c2ccccc21. The Bertz CT molecular complexity index is 445. The van der Waals surface area contributed by atoms with Crippen molar-refractivity contribution in [3.8, 4) is 0 Å². The van der Waals surface area contributed by atoms with Crippen LogP contribution in [0.15, 0.2) is 42.0 Å². The van der Waals surface area contributed by atoms with Crippen molar-refractivity contribution < 1.29 is 0 Å². The van der Waals surface area contributed by atoms with Gasteiger partial charge in [0.25, 0.3) is 0 Å². The molecule has 0 aliphatic heterocycles. The number of benzene rings is 1. The first kappa shape index (κ1) is 10.2. The summed E-state index contributed by atoms with van der Waals surface area (Å²) in [5.74, 6) is 0. The molecule has 0 saturated heterocycles. The lowest BCUT2D eigenvalue weighted by molar-refractivity contribution is 0.659. The largest absolute Gasteiger partial charge is 0.0829 e. The van der Waals surface area contributed by atoms with Gasteiger partial charge in [-0.1, -0.05) is 50.3 Å². The molecule has 0 heteroatoms. The Morgan fingerprint density at radius 1 is 1.00 bits per heavy atom. The molecule has 0 atom stereocenters. The third-order valence-corrected chi connectivity index (χ3v) is 3.43. The fraction of sp³-hybridized carbons (Fsp3) is 0.333. The molecule has 1 aromatic rings. The summed E-state index contributed by atoms with van der Waals surface area (Å²) in [4.78, 5) is 0. The highest BCUT2D eigenvalue weighted by Gasteiger charge is 2.36. The summed E-state index contributed by atoms with van der Waals surface area (Å²) in [6.45, 7) is 8.86. The zero-order valence-electron chi connectivity index (χ0n) is 9.96. The average molecular weight is 198 g/mol. The number of fused-ring (bicyclic) bond motifs is 1. The Balaban J connectivity index is 2.76. The van der Waals surface area contributed by atoms with Crippen molar-refractivity contribution in [1.29, 1.82) is 0 Å². The van der Waals surface area contributed by atoms with Crippen LogP contribution >= 0.6 is 0 Å². The lowest BCUT2D eigenvalue weighted by Crippen LogP contribution is -2.14. The number of allylic oxidation sites excluding steroid dienone is 4. The maximum atomic E-state index is 2.30. The van der Waals surface area contributed by atoms with Crippen molar-refractivity contribution >= 4 is 5.57 Å². The highest BCUT2D eigenvalue weighted by atomic mass is 14.4. The first-order valence-electron chi connectivity index (χ1n) is 5.56. The van der Waals surface area contributed by atoms with E-state index in [1.807, 2.05) is 0 Å². The summed E-state index contributed by atoms with van der Waals surface area (Å²) < 4.78 is 0. The van der Waals surface area contributed by atoms with E-state index in [2.05, 4.69) is 64.1 Å². The minimum atomic E-state index is 0.160. The first-order chi connectivity index (χ1) is 7.12. The molecule has 78 valence electrons. The smallest absolute Gasteiger partial charge is 0.0155 e. The van der Waals surface area contributed by atoms with Crippen molar-refractivity contribution in [2.75, 3.05) is 0 Å². The van der Waals surface area contributed by atoms with E-state index in [1.54, 1.807) is 0 Å². The van der Waals surface area contributed by atoms with E-state index in [0.717, 1.165) is 0 Å². The van der Waals surface area contributed by atoms with Crippen LogP contribution in [0.5, 0.6) is 0 Å². The van der Waals surface area contributed by atoms with Crippen LogP contribution in [0.1, 0.15) is 38.8 Å². The summed E-state index contributed by atoms with van der Waals surface area (Å²) in [6.07, 6.45) is 4.47. The second-order valence-corrected chi connectivity index (χ2v) is 4.58. The van der Waals surface area contributed by atoms with Gasteiger partial charge in [-0.15, -0.1) is 0 Å². The van der Waals surface area contributed by atoms with Gasteiger partial charge in [0.1, 0.15) is 0 Å². The van der Waals surface area contributed by atoms with Gasteiger partial charge >= 0.3 is 0 Å². The van der Waals surface area contributed by atoms with Crippen LogP contribution in [0.3, 0.4) is 0 Å². The fourth-order valence-corrected chi connectivity index (χ4v) is 2.72. The zero-order chi connectivity index (χ0) is 11.1. The van der Waals surface area contributed by atoms with E-state index >= 15 is 0 Å².